The number of tetrazole rings is 1. The van der Waals surface area contributed by atoms with Gasteiger partial charge >= 0.3 is 51.4 Å². The molecule has 46 heavy (non-hydrogen) atoms. The average Bonchev–Trinajstić information content (AvgIpc) is 3.58. The van der Waals surface area contributed by atoms with E-state index in [0.29, 0.717) is 36.6 Å². The van der Waals surface area contributed by atoms with E-state index < -0.39 is 17.3 Å². The Labute approximate surface area is 312 Å². The Bertz CT molecular complexity index is 1540. The Morgan fingerprint density at radius 1 is 1.04 bits per heavy atom. The number of halogens is 2. The van der Waals surface area contributed by atoms with Crippen LogP contribution >= 0.6 is 0 Å². The van der Waals surface area contributed by atoms with Crippen LogP contribution < -0.4 is 61.9 Å². The third-order valence-electron chi connectivity index (χ3n) is 9.14. The van der Waals surface area contributed by atoms with Crippen LogP contribution in [-0.2, 0) is 11.3 Å². The number of amides is 2. The zero-order chi connectivity index (χ0) is 32.6. The molecule has 0 unspecified atom stereocenters. The van der Waals surface area contributed by atoms with Gasteiger partial charge in [0.05, 0.1) is 18.4 Å². The van der Waals surface area contributed by atoms with Gasteiger partial charge in [0, 0.05) is 17.2 Å². The number of carbonyl (C=O) groups is 2. The van der Waals surface area contributed by atoms with E-state index in [-0.39, 0.29) is 97.9 Å². The molecule has 0 saturated heterocycles. The predicted molar refractivity (Wildman–Crippen MR) is 166 cm³/mol. The molecule has 1 spiro atoms. The molecule has 12 heteroatoms. The van der Waals surface area contributed by atoms with Crippen LogP contribution in [0.3, 0.4) is 0 Å². The van der Waals surface area contributed by atoms with Gasteiger partial charge in [0.1, 0.15) is 23.0 Å². The summed E-state index contributed by atoms with van der Waals surface area (Å²) in [5.74, 6) is -1.35. The molecule has 3 aromatic rings. The molecular formula is C34H42F2KN7O2. The Morgan fingerprint density at radius 2 is 1.67 bits per heavy atom. The summed E-state index contributed by atoms with van der Waals surface area (Å²) in [4.78, 5) is 34.3. The molecule has 2 amide bonds. The van der Waals surface area contributed by atoms with Gasteiger partial charge in [-0.2, -0.15) is 0 Å². The molecule has 2 aromatic carbocycles. The smallest absolute Gasteiger partial charge is 0.347 e. The second-order valence-corrected chi connectivity index (χ2v) is 14.6. The quantitative estimate of drug-likeness (QED) is 0.373. The first-order valence-corrected chi connectivity index (χ1v) is 15.6. The van der Waals surface area contributed by atoms with E-state index >= 15 is 0 Å². The van der Waals surface area contributed by atoms with E-state index in [1.165, 1.54) is 12.1 Å². The maximum atomic E-state index is 14.5. The Morgan fingerprint density at radius 3 is 2.22 bits per heavy atom. The van der Waals surface area contributed by atoms with Crippen molar-refractivity contribution in [1.29, 1.82) is 0 Å². The van der Waals surface area contributed by atoms with E-state index in [1.807, 2.05) is 17.0 Å². The average molecular weight is 658 g/mol. The van der Waals surface area contributed by atoms with Crippen molar-refractivity contribution in [3.63, 3.8) is 0 Å². The minimum atomic E-state index is -0.836. The third-order valence-corrected chi connectivity index (χ3v) is 9.14. The predicted octanol–water partition coefficient (Wildman–Crippen LogP) is 3.17. The Hall–Kier alpha value is -2.38. The molecule has 5 rings (SSSR count). The number of hydrogen-bond donors (Lipinski definition) is 1. The van der Waals surface area contributed by atoms with Gasteiger partial charge in [0.25, 0.3) is 11.8 Å². The molecule has 240 valence electrons. The van der Waals surface area contributed by atoms with Crippen LogP contribution in [0.15, 0.2) is 47.5 Å². The third kappa shape index (κ3) is 8.36. The normalized spacial score (nSPS) is 20.8. The second kappa shape index (κ2) is 14.4. The number of rotatable bonds is 8. The van der Waals surface area contributed by atoms with E-state index in [9.17, 15) is 18.4 Å². The summed E-state index contributed by atoms with van der Waals surface area (Å²) < 4.78 is 28.7. The van der Waals surface area contributed by atoms with E-state index in [1.54, 1.807) is 12.1 Å². The fourth-order valence-corrected chi connectivity index (χ4v) is 6.59. The largest absolute Gasteiger partial charge is 1.00 e. The summed E-state index contributed by atoms with van der Waals surface area (Å²) in [7, 11) is 0. The van der Waals surface area contributed by atoms with Crippen molar-refractivity contribution >= 4 is 17.5 Å². The van der Waals surface area contributed by atoms with Crippen LogP contribution in [0.25, 0.3) is 0 Å². The van der Waals surface area contributed by atoms with Crippen LogP contribution in [0.1, 0.15) is 113 Å². The number of nitrogens with zero attached hydrogens (tertiary/aromatic N) is 6. The fourth-order valence-electron chi connectivity index (χ4n) is 6.59. The van der Waals surface area contributed by atoms with Crippen molar-refractivity contribution in [3.8, 4) is 0 Å². The van der Waals surface area contributed by atoms with Gasteiger partial charge in [0.2, 0.25) is 0 Å². The fraction of sp³-hybridized carbons (Fsp3) is 0.529. The summed E-state index contributed by atoms with van der Waals surface area (Å²) in [6.45, 7) is 13.3. The molecule has 1 atom stereocenters. The molecule has 1 saturated carbocycles. The van der Waals surface area contributed by atoms with Crippen molar-refractivity contribution in [2.24, 2.45) is 21.7 Å². The van der Waals surface area contributed by atoms with Gasteiger partial charge < -0.3 is 15.3 Å². The molecule has 2 heterocycles. The zero-order valence-corrected chi connectivity index (χ0v) is 31.0. The maximum Gasteiger partial charge on any atom is 1.00 e. The monoisotopic (exact) mass is 657 g/mol. The van der Waals surface area contributed by atoms with Crippen LogP contribution in [-0.4, -0.2) is 43.5 Å². The molecule has 1 aliphatic carbocycles. The summed E-state index contributed by atoms with van der Waals surface area (Å²) in [5.41, 5.74) is 0.822. The number of aliphatic imine (C=N–C) groups is 1. The van der Waals surface area contributed by atoms with Crippen LogP contribution in [0.4, 0.5) is 8.78 Å². The van der Waals surface area contributed by atoms with Gasteiger partial charge in [-0.05, 0) is 85.1 Å². The van der Waals surface area contributed by atoms with E-state index in [0.717, 1.165) is 30.9 Å². The van der Waals surface area contributed by atoms with Crippen molar-refractivity contribution in [2.45, 2.75) is 98.3 Å². The molecular weight excluding hydrogens is 616 g/mol. The molecule has 0 radical (unpaired) electrons. The van der Waals surface area contributed by atoms with E-state index in [2.05, 4.69) is 67.5 Å². The Balaban J connectivity index is 0.00000480. The maximum absolute atomic E-state index is 14.5. The van der Waals surface area contributed by atoms with Crippen LogP contribution in [0.2, 0.25) is 0 Å². The van der Waals surface area contributed by atoms with Crippen molar-refractivity contribution in [1.82, 2.24) is 30.8 Å². The van der Waals surface area contributed by atoms with Crippen molar-refractivity contribution in [2.75, 3.05) is 0 Å². The number of benzene rings is 2. The van der Waals surface area contributed by atoms with Gasteiger partial charge in [0.15, 0.2) is 0 Å². The molecule has 1 fully saturated rings. The summed E-state index contributed by atoms with van der Waals surface area (Å²) >= 11 is 0. The van der Waals surface area contributed by atoms with Gasteiger partial charge in [-0.25, -0.2) is 13.9 Å². The summed E-state index contributed by atoms with van der Waals surface area (Å²) in [6, 6.07) is 10.0. The summed E-state index contributed by atoms with van der Waals surface area (Å²) in [5, 5.41) is 17.1. The first-order chi connectivity index (χ1) is 21.1. The van der Waals surface area contributed by atoms with Gasteiger partial charge in [-0.3, -0.25) is 25.0 Å². The number of hydrogen-bond acceptors (Lipinski definition) is 6. The SMILES string of the molecule is CC(C)(C)CC[C@H](c1ccc(C(=O)NCc2nn[n-]n2)cc1)N1C(=O)C(c2cc(F)cc(F)c2)=NC12CCC(C(C)(C)C)CC2.[K+]. The molecule has 9 nitrogen and oxygen atoms in total. The van der Waals surface area contributed by atoms with Crippen molar-refractivity contribution < 1.29 is 69.8 Å². The number of carbonyl (C=O) groups excluding carboxylic acids is 2. The van der Waals surface area contributed by atoms with Gasteiger partial charge in [-0.15, -0.1) is 0 Å². The topological polar surface area (TPSA) is 115 Å². The molecule has 2 aliphatic rings. The zero-order valence-electron chi connectivity index (χ0n) is 27.9. The standard InChI is InChI=1S/C34H43F2N7O2.K/c1-32(2,3)14-13-27(21-7-9-22(10-8-21)30(44)37-20-28-39-41-42-40-28)43-31(45)29(23-17-25(35)19-26(36)18-23)38-34(43)15-11-24(12-16-34)33(4,5)6;/h7-10,17-19,24,27H,11-16,20H2,1-6H3,(H2,37,39,40,41,42,44);/q;+1/p-1/t24?,27-,34?;/m1./s1. The number of aromatic nitrogens is 4. The molecule has 1 aliphatic heterocycles. The van der Waals surface area contributed by atoms with Crippen LogP contribution in [0, 0.1) is 28.4 Å². The number of nitrogens with one attached hydrogen (secondary N) is 1. The van der Waals surface area contributed by atoms with Gasteiger partial charge in [-0.1, -0.05) is 53.7 Å². The van der Waals surface area contributed by atoms with Crippen molar-refractivity contribution in [3.05, 3.63) is 76.6 Å². The molecule has 0 bridgehead atoms. The second-order valence-electron chi connectivity index (χ2n) is 14.6. The molecule has 1 aromatic heterocycles. The minimum absolute atomic E-state index is 0. The van der Waals surface area contributed by atoms with Crippen LogP contribution in [0.5, 0.6) is 0 Å². The Kier molecular flexibility index (Phi) is 11.4. The first-order valence-electron chi connectivity index (χ1n) is 15.6. The first kappa shape index (κ1) is 36.5. The molecule has 1 N–H and O–H groups in total. The van der Waals surface area contributed by atoms with E-state index in [4.69, 9.17) is 4.99 Å². The summed E-state index contributed by atoms with van der Waals surface area (Å²) in [6.07, 6.45) is 4.54. The minimum Gasteiger partial charge on any atom is -0.347 e.